The molecule has 30 heavy (non-hydrogen) atoms. The number of unbranched alkanes of at least 4 members (excludes halogenated alkanes) is 1. The van der Waals surface area contributed by atoms with Crippen LogP contribution in [-0.2, 0) is 0 Å². The van der Waals surface area contributed by atoms with Gasteiger partial charge in [0.15, 0.2) is 0 Å². The number of aryl methyl sites for hydroxylation is 1. The van der Waals surface area contributed by atoms with Gasteiger partial charge in [0.05, 0.1) is 18.0 Å². The summed E-state index contributed by atoms with van der Waals surface area (Å²) in [7, 11) is 0. The minimum atomic E-state index is 0.198. The predicted molar refractivity (Wildman–Crippen MR) is 132 cm³/mol. The van der Waals surface area contributed by atoms with Crippen molar-refractivity contribution in [1.82, 2.24) is 15.3 Å². The van der Waals surface area contributed by atoms with E-state index in [1.807, 2.05) is 6.92 Å². The Morgan fingerprint density at radius 1 is 1.03 bits per heavy atom. The third kappa shape index (κ3) is 16.5. The van der Waals surface area contributed by atoms with E-state index in [0.29, 0.717) is 12.6 Å². The maximum atomic E-state index is 8.75. The molecule has 4 heteroatoms. The summed E-state index contributed by atoms with van der Waals surface area (Å²) in [6, 6.07) is 0.382. The van der Waals surface area contributed by atoms with Crippen LogP contribution in [0.1, 0.15) is 111 Å². The highest BCUT2D eigenvalue weighted by Gasteiger charge is 2.13. The first kappa shape index (κ1) is 28.7. The van der Waals surface area contributed by atoms with Gasteiger partial charge in [0.1, 0.15) is 0 Å². The zero-order valence-electron chi connectivity index (χ0n) is 20.9. The number of aliphatic hydroxyl groups excluding tert-OH is 1. The number of allylic oxidation sites excluding steroid dienone is 1. The van der Waals surface area contributed by atoms with Crippen molar-refractivity contribution >= 4 is 6.08 Å². The molecular weight excluding hydrogens is 370 g/mol. The van der Waals surface area contributed by atoms with Gasteiger partial charge in [-0.15, -0.1) is 0 Å². The molecule has 0 amide bonds. The van der Waals surface area contributed by atoms with Crippen molar-refractivity contribution in [3.63, 3.8) is 0 Å². The average Bonchev–Trinajstić information content (AvgIpc) is 3.59. The lowest BCUT2D eigenvalue weighted by molar-refractivity contribution is 0.240. The molecule has 0 spiro atoms. The smallest absolute Gasteiger partial charge is 0.0841 e. The van der Waals surface area contributed by atoms with Gasteiger partial charge in [0.25, 0.3) is 0 Å². The zero-order chi connectivity index (χ0) is 22.8. The normalized spacial score (nSPS) is 18.4. The van der Waals surface area contributed by atoms with Crippen LogP contribution in [0.3, 0.4) is 0 Å². The van der Waals surface area contributed by atoms with E-state index in [-0.39, 0.29) is 5.41 Å². The van der Waals surface area contributed by atoms with Crippen molar-refractivity contribution in [1.29, 1.82) is 0 Å². The third-order valence-corrected chi connectivity index (χ3v) is 5.19. The Balaban J connectivity index is 0.000000444. The molecule has 2 N–H and O–H groups in total. The molecule has 1 aromatic heterocycles. The first-order chi connectivity index (χ1) is 14.3. The fourth-order valence-corrected chi connectivity index (χ4v) is 2.24. The number of aromatic nitrogens is 2. The van der Waals surface area contributed by atoms with Crippen LogP contribution in [0.25, 0.3) is 6.08 Å². The number of hydrogen-bond acceptors (Lipinski definition) is 4. The molecule has 0 aromatic carbocycles. The molecule has 1 aliphatic heterocycles. The Labute approximate surface area is 187 Å². The minimum Gasteiger partial charge on any atom is -0.395 e. The van der Waals surface area contributed by atoms with Crippen LogP contribution in [-0.4, -0.2) is 34.3 Å². The second kappa shape index (κ2) is 17.4. The van der Waals surface area contributed by atoms with E-state index in [9.17, 15) is 0 Å². The maximum absolute atomic E-state index is 8.75. The maximum Gasteiger partial charge on any atom is 0.0841 e. The van der Waals surface area contributed by atoms with Crippen molar-refractivity contribution in [2.75, 3.05) is 13.2 Å². The Morgan fingerprint density at radius 3 is 2.07 bits per heavy atom. The summed E-state index contributed by atoms with van der Waals surface area (Å²) in [6.07, 6.45) is 17.7. The fourth-order valence-electron chi connectivity index (χ4n) is 2.24. The molecule has 2 aliphatic rings. The monoisotopic (exact) mass is 419 g/mol. The van der Waals surface area contributed by atoms with E-state index >= 15 is 0 Å². The molecular formula is C26H49N3O. The molecule has 4 nitrogen and oxygen atoms in total. The van der Waals surface area contributed by atoms with Crippen LogP contribution >= 0.6 is 0 Å². The van der Waals surface area contributed by atoms with Gasteiger partial charge in [-0.25, -0.2) is 0 Å². The van der Waals surface area contributed by atoms with Gasteiger partial charge in [-0.1, -0.05) is 85.1 Å². The standard InChI is InChI=1S/C12H18N2.C7H15NO.C4H10.C3H6/c1-9(12(3,4)5)8-11-10(2)13-6-7-14-11;9-6-7-4-2-1-3-5-8-7;1-3-4-2;1-2-3-1/h6-8H,1-5H3;7-9H,1-6H2;3-4H2,1-2H3;1-3H2/b9-8+;;;. The van der Waals surface area contributed by atoms with E-state index in [0.717, 1.165) is 24.4 Å². The highest BCUT2D eigenvalue weighted by atomic mass is 16.3. The summed E-state index contributed by atoms with van der Waals surface area (Å²) in [6.45, 7) is 16.5. The second-order valence-electron chi connectivity index (χ2n) is 9.35. The van der Waals surface area contributed by atoms with Gasteiger partial charge in [0, 0.05) is 18.4 Å². The second-order valence-corrected chi connectivity index (χ2v) is 9.35. The Bertz CT molecular complexity index is 549. The van der Waals surface area contributed by atoms with E-state index in [1.54, 1.807) is 12.4 Å². The van der Waals surface area contributed by atoms with Crippen LogP contribution in [0.4, 0.5) is 0 Å². The summed E-state index contributed by atoms with van der Waals surface area (Å²) >= 11 is 0. The summed E-state index contributed by atoms with van der Waals surface area (Å²) < 4.78 is 0. The number of rotatable bonds is 3. The summed E-state index contributed by atoms with van der Waals surface area (Å²) in [4.78, 5) is 8.50. The van der Waals surface area contributed by atoms with Crippen molar-refractivity contribution in [3.05, 3.63) is 29.4 Å². The molecule has 1 aromatic rings. The molecule has 1 saturated carbocycles. The van der Waals surface area contributed by atoms with Crippen LogP contribution in [0, 0.1) is 12.3 Å². The lowest BCUT2D eigenvalue weighted by Gasteiger charge is -2.19. The number of aliphatic hydroxyl groups is 1. The number of hydrogen-bond donors (Lipinski definition) is 2. The lowest BCUT2D eigenvalue weighted by atomic mass is 9.87. The van der Waals surface area contributed by atoms with Gasteiger partial charge >= 0.3 is 0 Å². The molecule has 1 unspecified atom stereocenters. The molecule has 1 atom stereocenters. The molecule has 3 rings (SSSR count). The van der Waals surface area contributed by atoms with E-state index < -0.39 is 0 Å². The predicted octanol–water partition coefficient (Wildman–Crippen LogP) is 6.72. The van der Waals surface area contributed by atoms with Crippen LogP contribution < -0.4 is 5.32 Å². The van der Waals surface area contributed by atoms with Crippen molar-refractivity contribution in [2.24, 2.45) is 5.41 Å². The van der Waals surface area contributed by atoms with Crippen LogP contribution in [0.15, 0.2) is 18.0 Å². The first-order valence-electron chi connectivity index (χ1n) is 12.1. The van der Waals surface area contributed by atoms with Crippen molar-refractivity contribution < 1.29 is 5.11 Å². The number of nitrogens with zero attached hydrogens (tertiary/aromatic N) is 2. The van der Waals surface area contributed by atoms with Gasteiger partial charge in [-0.3, -0.25) is 9.97 Å². The molecule has 2 fully saturated rings. The average molecular weight is 420 g/mol. The fraction of sp³-hybridized carbons (Fsp3) is 0.769. The van der Waals surface area contributed by atoms with Crippen LogP contribution in [0.2, 0.25) is 0 Å². The Hall–Kier alpha value is -1.26. The SMILES string of the molecule is C/C(=C\c1nccnc1C)C(C)(C)C.C1CC1.CCCC.OCC1CCCCCN1. The molecule has 0 bridgehead atoms. The topological polar surface area (TPSA) is 58.0 Å². The van der Waals surface area contributed by atoms with E-state index in [4.69, 9.17) is 5.11 Å². The largest absolute Gasteiger partial charge is 0.395 e. The minimum absolute atomic E-state index is 0.198. The Morgan fingerprint density at radius 2 is 1.60 bits per heavy atom. The highest BCUT2D eigenvalue weighted by molar-refractivity contribution is 5.51. The quantitative estimate of drug-likeness (QED) is 0.571. The van der Waals surface area contributed by atoms with Gasteiger partial charge < -0.3 is 10.4 Å². The van der Waals surface area contributed by atoms with Crippen molar-refractivity contribution in [2.45, 2.75) is 112 Å². The van der Waals surface area contributed by atoms with Gasteiger partial charge in [0.2, 0.25) is 0 Å². The van der Waals surface area contributed by atoms with Gasteiger partial charge in [-0.05, 0) is 44.7 Å². The molecule has 1 aliphatic carbocycles. The summed E-state index contributed by atoms with van der Waals surface area (Å²) in [5, 5.41) is 12.0. The van der Waals surface area contributed by atoms with Crippen molar-refractivity contribution in [3.8, 4) is 0 Å². The van der Waals surface area contributed by atoms with Crippen LogP contribution in [0.5, 0.6) is 0 Å². The Kier molecular flexibility index (Phi) is 16.7. The molecule has 1 saturated heterocycles. The van der Waals surface area contributed by atoms with E-state index in [1.165, 1.54) is 56.9 Å². The number of nitrogens with one attached hydrogen (secondary N) is 1. The summed E-state index contributed by atoms with van der Waals surface area (Å²) in [5.41, 5.74) is 3.47. The molecule has 2 heterocycles. The zero-order valence-corrected chi connectivity index (χ0v) is 20.9. The van der Waals surface area contributed by atoms with E-state index in [2.05, 4.69) is 62.9 Å². The lowest BCUT2D eigenvalue weighted by Crippen LogP contribution is -2.31. The first-order valence-corrected chi connectivity index (χ1v) is 12.1. The molecule has 174 valence electrons. The highest BCUT2D eigenvalue weighted by Crippen LogP contribution is 2.26. The summed E-state index contributed by atoms with van der Waals surface area (Å²) in [5.74, 6) is 0. The molecule has 0 radical (unpaired) electrons. The van der Waals surface area contributed by atoms with Gasteiger partial charge in [-0.2, -0.15) is 0 Å². The third-order valence-electron chi connectivity index (χ3n) is 5.19.